The van der Waals surface area contributed by atoms with E-state index in [1.54, 1.807) is 0 Å². The maximum absolute atomic E-state index is 4.35. The van der Waals surface area contributed by atoms with E-state index in [2.05, 4.69) is 54.6 Å². The molecule has 96 valence electrons. The van der Waals surface area contributed by atoms with Crippen molar-refractivity contribution in [2.75, 3.05) is 6.54 Å². The second kappa shape index (κ2) is 6.36. The van der Waals surface area contributed by atoms with E-state index in [0.29, 0.717) is 12.1 Å². The molecule has 2 rings (SSSR count). The third-order valence-electron chi connectivity index (χ3n) is 3.20. The molecule has 2 atom stereocenters. The fourth-order valence-corrected chi connectivity index (χ4v) is 2.20. The van der Waals surface area contributed by atoms with Gasteiger partial charge in [0.1, 0.15) is 0 Å². The van der Waals surface area contributed by atoms with Gasteiger partial charge in [0, 0.05) is 12.4 Å². The number of rotatable bonds is 6. The van der Waals surface area contributed by atoms with Crippen molar-refractivity contribution in [1.29, 1.82) is 0 Å². The van der Waals surface area contributed by atoms with Gasteiger partial charge in [-0.25, -0.2) is 0 Å². The summed E-state index contributed by atoms with van der Waals surface area (Å²) < 4.78 is 2.01. The molecule has 0 aliphatic rings. The summed E-state index contributed by atoms with van der Waals surface area (Å²) in [5.74, 6) is 0. The lowest BCUT2D eigenvalue weighted by Gasteiger charge is -2.26. The maximum atomic E-state index is 4.35. The first-order valence-corrected chi connectivity index (χ1v) is 6.60. The van der Waals surface area contributed by atoms with Crippen LogP contribution in [0.4, 0.5) is 0 Å². The lowest BCUT2D eigenvalue weighted by molar-refractivity contribution is 0.354. The van der Waals surface area contributed by atoms with Crippen molar-refractivity contribution >= 4 is 0 Å². The van der Waals surface area contributed by atoms with E-state index in [1.165, 1.54) is 5.56 Å². The van der Waals surface area contributed by atoms with Crippen molar-refractivity contribution in [2.24, 2.45) is 0 Å². The number of nitrogens with one attached hydrogen (secondary N) is 1. The van der Waals surface area contributed by atoms with Crippen LogP contribution in [0, 0.1) is 0 Å². The summed E-state index contributed by atoms with van der Waals surface area (Å²) in [5, 5.41) is 7.96. The average Bonchev–Trinajstić information content (AvgIpc) is 2.94. The first kappa shape index (κ1) is 12.8. The molecule has 0 amide bonds. The molecule has 0 saturated heterocycles. The van der Waals surface area contributed by atoms with E-state index in [1.807, 2.05) is 23.1 Å². The van der Waals surface area contributed by atoms with Crippen LogP contribution in [0.1, 0.15) is 37.9 Å². The van der Waals surface area contributed by atoms with Gasteiger partial charge >= 0.3 is 0 Å². The highest BCUT2D eigenvalue weighted by Gasteiger charge is 2.19. The monoisotopic (exact) mass is 243 g/mol. The SMILES string of the molecule is CCCNC(c1ccccc1)C(C)n1cccn1. The molecule has 18 heavy (non-hydrogen) atoms. The van der Waals surface area contributed by atoms with Gasteiger partial charge in [0.2, 0.25) is 0 Å². The number of benzene rings is 1. The van der Waals surface area contributed by atoms with E-state index < -0.39 is 0 Å². The van der Waals surface area contributed by atoms with Gasteiger partial charge in [-0.15, -0.1) is 0 Å². The molecular formula is C15H21N3. The Morgan fingerprint density at radius 3 is 2.61 bits per heavy atom. The zero-order chi connectivity index (χ0) is 12.8. The van der Waals surface area contributed by atoms with E-state index in [-0.39, 0.29) is 0 Å². The van der Waals surface area contributed by atoms with Gasteiger partial charge in [-0.3, -0.25) is 4.68 Å². The number of nitrogens with zero attached hydrogens (tertiary/aromatic N) is 2. The van der Waals surface area contributed by atoms with Crippen molar-refractivity contribution < 1.29 is 0 Å². The summed E-state index contributed by atoms with van der Waals surface area (Å²) in [5.41, 5.74) is 1.31. The Morgan fingerprint density at radius 2 is 2.00 bits per heavy atom. The van der Waals surface area contributed by atoms with Gasteiger partial charge in [-0.05, 0) is 31.5 Å². The lowest BCUT2D eigenvalue weighted by atomic mass is 10.0. The van der Waals surface area contributed by atoms with Gasteiger partial charge in [0.25, 0.3) is 0 Å². The molecule has 0 aliphatic carbocycles. The third kappa shape index (κ3) is 2.99. The minimum atomic E-state index is 0.297. The molecule has 0 spiro atoms. The van der Waals surface area contributed by atoms with Crippen molar-refractivity contribution in [3.05, 3.63) is 54.4 Å². The lowest BCUT2D eigenvalue weighted by Crippen LogP contribution is -2.29. The van der Waals surface area contributed by atoms with Crippen molar-refractivity contribution in [3.8, 4) is 0 Å². The predicted molar refractivity (Wildman–Crippen MR) is 74.4 cm³/mol. The maximum Gasteiger partial charge on any atom is 0.0685 e. The van der Waals surface area contributed by atoms with Crippen LogP contribution in [-0.2, 0) is 0 Å². The van der Waals surface area contributed by atoms with Crippen LogP contribution in [0.15, 0.2) is 48.8 Å². The molecule has 0 saturated carbocycles. The molecule has 1 aromatic heterocycles. The molecule has 2 aromatic rings. The average molecular weight is 243 g/mol. The zero-order valence-electron chi connectivity index (χ0n) is 11.1. The van der Waals surface area contributed by atoms with Crippen LogP contribution in [0.25, 0.3) is 0 Å². The quantitative estimate of drug-likeness (QED) is 0.844. The summed E-state index contributed by atoms with van der Waals surface area (Å²) in [7, 11) is 0. The first-order chi connectivity index (χ1) is 8.83. The molecule has 1 heterocycles. The molecular weight excluding hydrogens is 222 g/mol. The summed E-state index contributed by atoms with van der Waals surface area (Å²) in [6.07, 6.45) is 4.99. The standard InChI is InChI=1S/C15H21N3/c1-3-10-16-15(14-8-5-4-6-9-14)13(2)18-12-7-11-17-18/h4-9,11-13,15-16H,3,10H2,1-2H3. The van der Waals surface area contributed by atoms with Crippen molar-refractivity contribution in [3.63, 3.8) is 0 Å². The number of hydrogen-bond acceptors (Lipinski definition) is 2. The van der Waals surface area contributed by atoms with E-state index in [9.17, 15) is 0 Å². The van der Waals surface area contributed by atoms with Gasteiger partial charge in [-0.1, -0.05) is 37.3 Å². The Hall–Kier alpha value is -1.61. The van der Waals surface area contributed by atoms with Crippen LogP contribution >= 0.6 is 0 Å². The minimum Gasteiger partial charge on any atom is -0.308 e. The molecule has 3 heteroatoms. The van der Waals surface area contributed by atoms with Crippen molar-refractivity contribution in [1.82, 2.24) is 15.1 Å². The van der Waals surface area contributed by atoms with Gasteiger partial charge in [0.15, 0.2) is 0 Å². The highest BCUT2D eigenvalue weighted by Crippen LogP contribution is 2.25. The number of aromatic nitrogens is 2. The fourth-order valence-electron chi connectivity index (χ4n) is 2.20. The van der Waals surface area contributed by atoms with Crippen molar-refractivity contribution in [2.45, 2.75) is 32.4 Å². The van der Waals surface area contributed by atoms with E-state index >= 15 is 0 Å². The summed E-state index contributed by atoms with van der Waals surface area (Å²) >= 11 is 0. The molecule has 1 N–H and O–H groups in total. The second-order valence-corrected chi connectivity index (χ2v) is 4.57. The van der Waals surface area contributed by atoms with Gasteiger partial charge in [0.05, 0.1) is 12.1 Å². The highest BCUT2D eigenvalue weighted by molar-refractivity contribution is 5.20. The Balaban J connectivity index is 2.20. The van der Waals surface area contributed by atoms with Crippen LogP contribution in [0.2, 0.25) is 0 Å². The molecule has 3 nitrogen and oxygen atoms in total. The molecule has 1 aromatic carbocycles. The normalized spacial score (nSPS) is 14.3. The summed E-state index contributed by atoms with van der Waals surface area (Å²) in [6.45, 7) is 5.41. The highest BCUT2D eigenvalue weighted by atomic mass is 15.3. The molecule has 0 fully saturated rings. The van der Waals surface area contributed by atoms with Gasteiger partial charge < -0.3 is 5.32 Å². The zero-order valence-corrected chi connectivity index (χ0v) is 11.1. The fraction of sp³-hybridized carbons (Fsp3) is 0.400. The van der Waals surface area contributed by atoms with Gasteiger partial charge in [-0.2, -0.15) is 5.10 Å². The van der Waals surface area contributed by atoms with E-state index in [0.717, 1.165) is 13.0 Å². The van der Waals surface area contributed by atoms with Crippen LogP contribution in [-0.4, -0.2) is 16.3 Å². The molecule has 2 unspecified atom stereocenters. The van der Waals surface area contributed by atoms with Crippen LogP contribution in [0.5, 0.6) is 0 Å². The Kier molecular flexibility index (Phi) is 4.53. The summed E-state index contributed by atoms with van der Waals surface area (Å²) in [6, 6.07) is 13.1. The first-order valence-electron chi connectivity index (χ1n) is 6.60. The number of hydrogen-bond donors (Lipinski definition) is 1. The largest absolute Gasteiger partial charge is 0.308 e. The van der Waals surface area contributed by atoms with E-state index in [4.69, 9.17) is 0 Å². The molecule has 0 bridgehead atoms. The van der Waals surface area contributed by atoms with Crippen LogP contribution in [0.3, 0.4) is 0 Å². The third-order valence-corrected chi connectivity index (χ3v) is 3.20. The van der Waals surface area contributed by atoms with Crippen LogP contribution < -0.4 is 5.32 Å². The topological polar surface area (TPSA) is 29.9 Å². The molecule has 0 radical (unpaired) electrons. The Bertz CT molecular complexity index is 436. The minimum absolute atomic E-state index is 0.297. The smallest absolute Gasteiger partial charge is 0.0685 e. The summed E-state index contributed by atoms with van der Waals surface area (Å²) in [4.78, 5) is 0. The molecule has 0 aliphatic heterocycles. The second-order valence-electron chi connectivity index (χ2n) is 4.57. The Morgan fingerprint density at radius 1 is 1.22 bits per heavy atom. The Labute approximate surface area is 109 Å². The predicted octanol–water partition coefficient (Wildman–Crippen LogP) is 3.19.